The van der Waals surface area contributed by atoms with Gasteiger partial charge in [0.2, 0.25) is 76.8 Å². The van der Waals surface area contributed by atoms with Gasteiger partial charge in [-0.1, -0.05) is 68.3 Å². The molecule has 7 heterocycles. The van der Waals surface area contributed by atoms with Crippen LogP contribution in [0.25, 0.3) is 21.8 Å². The van der Waals surface area contributed by atoms with Gasteiger partial charge in [-0.3, -0.25) is 81.7 Å². The van der Waals surface area contributed by atoms with E-state index in [4.69, 9.17) is 9.73 Å². The van der Waals surface area contributed by atoms with Gasteiger partial charge in [0.05, 0.1) is 44.7 Å². The fourth-order valence-corrected chi connectivity index (χ4v) is 16.3. The predicted molar refractivity (Wildman–Crippen MR) is 448 cm³/mol. The maximum atomic E-state index is 15.2. The normalized spacial score (nSPS) is 24.0. The van der Waals surface area contributed by atoms with Gasteiger partial charge < -0.3 is 107 Å². The van der Waals surface area contributed by atoms with Crippen molar-refractivity contribution >= 4 is 134 Å². The number of rotatable bonds is 20. The van der Waals surface area contributed by atoms with Crippen LogP contribution in [0.5, 0.6) is 5.75 Å². The summed E-state index contributed by atoms with van der Waals surface area (Å²) >= 11 is 1.07. The number of aromatic nitrogens is 4. The van der Waals surface area contributed by atoms with Crippen molar-refractivity contribution in [3.05, 3.63) is 120 Å². The van der Waals surface area contributed by atoms with E-state index in [-0.39, 0.29) is 82.5 Å². The topological polar surface area (TPSA) is 540 Å². The number of para-hydroxylation sites is 2. The first-order valence-corrected chi connectivity index (χ1v) is 42.1. The minimum Gasteiger partial charge on any atom is -0.497 e. The number of fused-ring (bicyclic) bond motifs is 6. The molecular weight excluding hydrogens is 1620 g/mol. The molecule has 3 fully saturated rings. The van der Waals surface area contributed by atoms with Crippen molar-refractivity contribution in [2.75, 3.05) is 79.0 Å². The molecular formula is C83H107N19O20S. The Bertz CT molecular complexity index is 4860. The quantitative estimate of drug-likeness (QED) is 0.0470. The molecule has 0 saturated carbocycles. The number of carbonyl (C=O) groups excluding carboxylic acids is 13. The number of nitrogens with one attached hydrogen (secondary N) is 12. The number of H-pyrrole nitrogens is 3. The Balaban J connectivity index is 0.957. The maximum Gasteiger partial charge on any atom is 0.305 e. The van der Waals surface area contributed by atoms with Crippen molar-refractivity contribution in [1.29, 1.82) is 0 Å². The number of amides is 13. The number of likely N-dealkylation sites (N-methyl/N-ethyl adjacent to an activating group) is 3. The number of nitrogens with zero attached hydrogens (tertiary/aromatic N) is 7. The number of imidazole rings is 1. The lowest BCUT2D eigenvalue weighted by atomic mass is 10.0. The molecule has 2 unspecified atom stereocenters. The van der Waals surface area contributed by atoms with E-state index in [1.54, 1.807) is 90.1 Å². The zero-order valence-electron chi connectivity index (χ0n) is 69.1. The first-order chi connectivity index (χ1) is 59.0. The van der Waals surface area contributed by atoms with Crippen LogP contribution in [0.3, 0.4) is 0 Å². The number of aromatic amines is 3. The lowest BCUT2D eigenvalue weighted by molar-refractivity contribution is -0.145. The molecule has 6 aromatic rings. The van der Waals surface area contributed by atoms with E-state index in [9.17, 15) is 68.1 Å². The van der Waals surface area contributed by atoms with E-state index in [0.29, 0.717) is 88.0 Å². The zero-order chi connectivity index (χ0) is 88.6. The lowest BCUT2D eigenvalue weighted by Crippen LogP contribution is -2.60. The highest BCUT2D eigenvalue weighted by Crippen LogP contribution is 2.27. The number of carbonyl (C=O) groups is 16. The molecule has 660 valence electrons. The SMILES string of the molecule is CCCC[C@H]1C(=O)N[C@@H](CCC(=O)O)C(=O)NCCSCC(=O)N[C@@H](Cc2ccc(OC)cc2)C(=O)N(C)CC(=O)N[C@H]2CCN=C2N2CCCC2C(=O)N[C@@H](Cc2cnc[nH]2)C(=O)N[C@@H](CCC(=O)O)C(=O)N2CCCC2C(=O)N[C@@H](Cc2c[nH]c3ccccc23)C(=O)N[C@@H](CC(=O)O)C(=O)N[C@@H](Cc2c[nH]c3ccccc23)C(=O)N(C)CC(=O)N1C. The average Bonchev–Trinajstić information content (AvgIpc) is 1.66. The number of benzene rings is 3. The van der Waals surface area contributed by atoms with Crippen molar-refractivity contribution in [2.45, 2.75) is 183 Å². The van der Waals surface area contributed by atoms with Gasteiger partial charge in [-0.25, -0.2) is 4.98 Å². The van der Waals surface area contributed by atoms with Crippen LogP contribution in [-0.4, -0.2) is 306 Å². The second kappa shape index (κ2) is 44.1. The number of carboxylic acids is 3. The number of amidine groups is 1. The minimum atomic E-state index is -1.99. The van der Waals surface area contributed by atoms with Crippen LogP contribution < -0.4 is 52.6 Å². The Morgan fingerprint density at radius 1 is 0.528 bits per heavy atom. The van der Waals surface area contributed by atoms with Gasteiger partial charge in [0.15, 0.2) is 0 Å². The number of ether oxygens (including phenoxy) is 1. The smallest absolute Gasteiger partial charge is 0.305 e. The molecule has 3 aromatic carbocycles. The van der Waals surface area contributed by atoms with E-state index in [0.717, 1.165) is 31.4 Å². The molecule has 4 aliphatic heterocycles. The number of hydrogen-bond acceptors (Lipinski definition) is 21. The molecule has 3 saturated heterocycles. The van der Waals surface area contributed by atoms with Crippen molar-refractivity contribution in [1.82, 2.24) is 92.3 Å². The molecule has 0 radical (unpaired) electrons. The highest BCUT2D eigenvalue weighted by atomic mass is 32.2. The van der Waals surface area contributed by atoms with E-state index in [1.165, 1.54) is 40.8 Å². The summed E-state index contributed by atoms with van der Waals surface area (Å²) < 4.78 is 5.33. The Hall–Kier alpha value is -12.9. The summed E-state index contributed by atoms with van der Waals surface area (Å²) in [6.45, 7) is 0.907. The summed E-state index contributed by atoms with van der Waals surface area (Å²) in [5.41, 5.74) is 3.19. The summed E-state index contributed by atoms with van der Waals surface area (Å²) in [6, 6.07) is 5.20. The Kier molecular flexibility index (Phi) is 33.1. The molecule has 123 heavy (non-hydrogen) atoms. The first-order valence-electron chi connectivity index (χ1n) is 41.0. The van der Waals surface area contributed by atoms with Crippen LogP contribution in [0, 0.1) is 0 Å². The largest absolute Gasteiger partial charge is 0.497 e. The van der Waals surface area contributed by atoms with E-state index in [2.05, 4.69) is 67.8 Å². The molecule has 39 nitrogen and oxygen atoms in total. The number of carboxylic acid groups (broad SMARTS) is 3. The van der Waals surface area contributed by atoms with E-state index in [1.807, 2.05) is 6.92 Å². The summed E-state index contributed by atoms with van der Waals surface area (Å²) in [4.78, 5) is 252. The average molecular weight is 1720 g/mol. The molecule has 15 N–H and O–H groups in total. The van der Waals surface area contributed by atoms with Gasteiger partial charge in [0.1, 0.15) is 72.0 Å². The molecule has 4 aliphatic rings. The van der Waals surface area contributed by atoms with Crippen LogP contribution in [-0.2, 0) is 102 Å². The van der Waals surface area contributed by atoms with Crippen LogP contribution >= 0.6 is 11.8 Å². The second-order valence-corrected chi connectivity index (χ2v) is 32.1. The van der Waals surface area contributed by atoms with Crippen molar-refractivity contribution in [3.63, 3.8) is 0 Å². The molecule has 40 heteroatoms. The van der Waals surface area contributed by atoms with Crippen LogP contribution in [0.4, 0.5) is 0 Å². The Morgan fingerprint density at radius 3 is 1.67 bits per heavy atom. The van der Waals surface area contributed by atoms with Gasteiger partial charge in [-0.05, 0) is 92.3 Å². The number of unbranched alkanes of at least 4 members (excludes halogenated alkanes) is 1. The highest BCUT2D eigenvalue weighted by molar-refractivity contribution is 7.99. The molecule has 3 aromatic heterocycles. The zero-order valence-corrected chi connectivity index (χ0v) is 69.9. The van der Waals surface area contributed by atoms with E-state index < -0.39 is 206 Å². The van der Waals surface area contributed by atoms with Gasteiger partial charge in [-0.2, -0.15) is 11.8 Å². The van der Waals surface area contributed by atoms with Gasteiger partial charge >= 0.3 is 17.9 Å². The summed E-state index contributed by atoms with van der Waals surface area (Å²) in [5, 5.41) is 55.9. The molecule has 0 aliphatic carbocycles. The summed E-state index contributed by atoms with van der Waals surface area (Å²) in [5.74, 6) is -14.4. The Labute approximate surface area is 712 Å². The second-order valence-electron chi connectivity index (χ2n) is 31.0. The molecule has 0 spiro atoms. The number of thioether (sulfide) groups is 1. The fourth-order valence-electron chi connectivity index (χ4n) is 15.6. The van der Waals surface area contributed by atoms with Gasteiger partial charge in [-0.15, -0.1) is 0 Å². The number of methoxy groups -OCH3 is 1. The molecule has 0 bridgehead atoms. The lowest BCUT2D eigenvalue weighted by Gasteiger charge is -2.32. The maximum absolute atomic E-state index is 15.2. The molecule has 11 atom stereocenters. The van der Waals surface area contributed by atoms with Crippen LogP contribution in [0.2, 0.25) is 0 Å². The summed E-state index contributed by atoms with van der Waals surface area (Å²) in [6.07, 6.45) is 3.93. The number of aliphatic imine (C=N–C) groups is 1. The predicted octanol–water partition coefficient (Wildman–Crippen LogP) is -0.211. The van der Waals surface area contributed by atoms with Crippen molar-refractivity contribution < 1.29 is 96.8 Å². The third kappa shape index (κ3) is 25.4. The van der Waals surface area contributed by atoms with Crippen LogP contribution in [0.15, 0.2) is 103 Å². The third-order valence-corrected chi connectivity index (χ3v) is 23.1. The summed E-state index contributed by atoms with van der Waals surface area (Å²) in [7, 11) is 5.43. The van der Waals surface area contributed by atoms with Crippen molar-refractivity contribution in [3.8, 4) is 5.75 Å². The minimum absolute atomic E-state index is 0.0218. The molecule has 13 amide bonds. The number of aliphatic carboxylic acids is 3. The van der Waals surface area contributed by atoms with Crippen LogP contribution in [0.1, 0.15) is 113 Å². The third-order valence-electron chi connectivity index (χ3n) is 22.1. The van der Waals surface area contributed by atoms with E-state index >= 15 is 24.0 Å². The number of hydrogen-bond donors (Lipinski definition) is 15. The first kappa shape index (κ1) is 92.4. The van der Waals surface area contributed by atoms with Crippen molar-refractivity contribution in [2.24, 2.45) is 4.99 Å². The van der Waals surface area contributed by atoms with Gasteiger partial charge in [0, 0.05) is 138 Å². The standard InChI is InChI=1S/C83H107N19O20S/c1-6-7-18-64-78(116)92-57(25-27-70(106)107)74(112)86-31-34-123-45-68(104)91-62(35-47-21-23-51(122-5)24-22-47)81(119)98(2)43-67(103)90-56-29-30-85-73(56)101-32-12-19-65(101)79(117)96-60(38-50-42-84-46-89-50)76(114)93-58(26-28-71(108)109)83(121)102-33-13-20-66(102)80(118)95-59(36-48-40-87-54-16-10-8-14-52(48)54)75(113)94-61(39-72(110)111)77(115)97-63(82(120)99(3)44-69(105)100(64)4)37-49-41-88-55-17-11-9-15-53(49)55/h8-11,14-17,21-24,40-42,46,56-66,87-88H,6-7,12-13,18-20,25-39,43-45H2,1-5H3,(H,84,89)(H,86,112)(H,90,103)(H,91,104)(H,92,116)(H,93,114)(H,94,113)(H,95,118)(H,96,117)(H,97,115)(H,106,107)(H,108,109)(H,110,111)/t56-,57-,58-,59-,60-,61-,62-,63-,64-,65?,66?/m0/s1. The Morgan fingerprint density at radius 2 is 1.07 bits per heavy atom. The van der Waals surface area contributed by atoms with Gasteiger partial charge in [0.25, 0.3) is 0 Å². The fraction of sp³-hybridized carbons (Fsp3) is 0.494. The monoisotopic (exact) mass is 1720 g/mol. The molecule has 10 rings (SSSR count). The highest BCUT2D eigenvalue weighted by Gasteiger charge is 2.44.